The van der Waals surface area contributed by atoms with Gasteiger partial charge in [-0.25, -0.2) is 0 Å². The number of guanidine groups is 1. The monoisotopic (exact) mass is 185 g/mol. The Morgan fingerprint density at radius 2 is 2.31 bits per heavy atom. The van der Waals surface area contributed by atoms with E-state index in [9.17, 15) is 0 Å². The van der Waals surface area contributed by atoms with Crippen LogP contribution in [-0.2, 0) is 4.74 Å². The molecule has 0 bridgehead atoms. The molecule has 0 spiro atoms. The van der Waals surface area contributed by atoms with Gasteiger partial charge in [0, 0.05) is 13.1 Å². The van der Waals surface area contributed by atoms with Gasteiger partial charge in [0.25, 0.3) is 0 Å². The van der Waals surface area contributed by atoms with Gasteiger partial charge in [-0.3, -0.25) is 4.99 Å². The third-order valence-electron chi connectivity index (χ3n) is 2.50. The molecule has 2 unspecified atom stereocenters. The normalized spacial score (nSPS) is 30.7. The second-order valence-electron chi connectivity index (χ2n) is 3.34. The summed E-state index contributed by atoms with van der Waals surface area (Å²) in [6.45, 7) is 8.50. The van der Waals surface area contributed by atoms with Crippen molar-refractivity contribution < 1.29 is 4.74 Å². The Bertz CT molecular complexity index is 193. The van der Waals surface area contributed by atoms with Crippen LogP contribution < -0.4 is 5.73 Å². The van der Waals surface area contributed by atoms with Crippen LogP contribution in [0.3, 0.4) is 0 Å². The standard InChI is InChI=1S/C9H19N3O/c1-4-11-9(10)12-5-6-13-8(3)7(12)2/h7-8H,4-6H2,1-3H3,(H2,10,11). The molecule has 0 amide bonds. The fourth-order valence-electron chi connectivity index (χ4n) is 1.51. The van der Waals surface area contributed by atoms with E-state index in [1.807, 2.05) is 6.92 Å². The minimum atomic E-state index is 0.236. The number of hydrogen-bond acceptors (Lipinski definition) is 2. The zero-order chi connectivity index (χ0) is 9.84. The van der Waals surface area contributed by atoms with Crippen LogP contribution in [0.1, 0.15) is 20.8 Å². The number of aliphatic imine (C=N–C) groups is 1. The average Bonchev–Trinajstić information content (AvgIpc) is 2.10. The van der Waals surface area contributed by atoms with Gasteiger partial charge in [-0.1, -0.05) is 0 Å². The van der Waals surface area contributed by atoms with Crippen molar-refractivity contribution in [1.82, 2.24) is 4.90 Å². The molecule has 0 aliphatic carbocycles. The number of hydrogen-bond donors (Lipinski definition) is 1. The Morgan fingerprint density at radius 1 is 1.62 bits per heavy atom. The third kappa shape index (κ3) is 2.34. The first-order chi connectivity index (χ1) is 6.16. The molecule has 1 aliphatic rings. The highest BCUT2D eigenvalue weighted by Crippen LogP contribution is 2.12. The highest BCUT2D eigenvalue weighted by atomic mass is 16.5. The molecule has 0 saturated carbocycles. The Balaban J connectivity index is 2.62. The minimum Gasteiger partial charge on any atom is -0.375 e. The Labute approximate surface area is 79.8 Å². The molecule has 4 heteroatoms. The summed E-state index contributed by atoms with van der Waals surface area (Å²) < 4.78 is 5.50. The van der Waals surface area contributed by atoms with Crippen molar-refractivity contribution in [3.8, 4) is 0 Å². The number of rotatable bonds is 1. The molecule has 2 atom stereocenters. The second kappa shape index (κ2) is 4.46. The maximum absolute atomic E-state index is 5.83. The fraction of sp³-hybridized carbons (Fsp3) is 0.889. The lowest BCUT2D eigenvalue weighted by atomic mass is 10.1. The highest BCUT2D eigenvalue weighted by molar-refractivity contribution is 5.78. The van der Waals surface area contributed by atoms with Crippen molar-refractivity contribution in [1.29, 1.82) is 0 Å². The number of nitrogens with two attached hydrogens (primary N) is 1. The van der Waals surface area contributed by atoms with E-state index < -0.39 is 0 Å². The van der Waals surface area contributed by atoms with Gasteiger partial charge in [-0.15, -0.1) is 0 Å². The summed E-state index contributed by atoms with van der Waals surface area (Å²) in [4.78, 5) is 6.31. The lowest BCUT2D eigenvalue weighted by Gasteiger charge is -2.38. The molecule has 0 aromatic heterocycles. The fourth-order valence-corrected chi connectivity index (χ4v) is 1.51. The van der Waals surface area contributed by atoms with Crippen LogP contribution in [0, 0.1) is 0 Å². The second-order valence-corrected chi connectivity index (χ2v) is 3.34. The van der Waals surface area contributed by atoms with Crippen LogP contribution >= 0.6 is 0 Å². The van der Waals surface area contributed by atoms with Crippen LogP contribution in [0.25, 0.3) is 0 Å². The molecule has 0 aromatic rings. The topological polar surface area (TPSA) is 50.8 Å². The quantitative estimate of drug-likeness (QED) is 0.476. The van der Waals surface area contributed by atoms with Crippen molar-refractivity contribution in [2.24, 2.45) is 10.7 Å². The molecule has 1 aliphatic heterocycles. The van der Waals surface area contributed by atoms with Gasteiger partial charge in [-0.2, -0.15) is 0 Å². The molecule has 76 valence electrons. The average molecular weight is 185 g/mol. The molecule has 0 aromatic carbocycles. The predicted octanol–water partition coefficient (Wildman–Crippen LogP) is 0.430. The SMILES string of the molecule is CCN=C(N)N1CCOC(C)C1C. The molecule has 1 rings (SSSR count). The van der Waals surface area contributed by atoms with E-state index >= 15 is 0 Å². The molecule has 0 radical (unpaired) electrons. The van der Waals surface area contributed by atoms with E-state index in [1.54, 1.807) is 0 Å². The molecule has 1 heterocycles. The zero-order valence-electron chi connectivity index (χ0n) is 8.66. The van der Waals surface area contributed by atoms with Crippen molar-refractivity contribution >= 4 is 5.96 Å². The Morgan fingerprint density at radius 3 is 2.92 bits per heavy atom. The summed E-state index contributed by atoms with van der Waals surface area (Å²) in [5.41, 5.74) is 5.83. The summed E-state index contributed by atoms with van der Waals surface area (Å²) in [5.74, 6) is 0.644. The molecule has 4 nitrogen and oxygen atoms in total. The molecular weight excluding hydrogens is 166 g/mol. The van der Waals surface area contributed by atoms with Crippen LogP contribution in [0.15, 0.2) is 4.99 Å². The third-order valence-corrected chi connectivity index (χ3v) is 2.50. The molecule has 13 heavy (non-hydrogen) atoms. The lowest BCUT2D eigenvalue weighted by Crippen LogP contribution is -2.53. The largest absolute Gasteiger partial charge is 0.375 e. The van der Waals surface area contributed by atoms with Crippen LogP contribution in [-0.4, -0.2) is 42.7 Å². The summed E-state index contributed by atoms with van der Waals surface area (Å²) in [6.07, 6.45) is 0.236. The van der Waals surface area contributed by atoms with E-state index in [0.717, 1.165) is 19.7 Å². The first kappa shape index (κ1) is 10.3. The number of morpholine rings is 1. The number of ether oxygens (including phenoxy) is 1. The number of nitrogens with zero attached hydrogens (tertiary/aromatic N) is 2. The maximum atomic E-state index is 5.83. The van der Waals surface area contributed by atoms with Crippen LogP contribution in [0.4, 0.5) is 0 Å². The van der Waals surface area contributed by atoms with Crippen molar-refractivity contribution in [2.75, 3.05) is 19.7 Å². The van der Waals surface area contributed by atoms with Crippen molar-refractivity contribution in [3.05, 3.63) is 0 Å². The van der Waals surface area contributed by atoms with Gasteiger partial charge in [0.2, 0.25) is 0 Å². The maximum Gasteiger partial charge on any atom is 0.191 e. The molecule has 1 saturated heterocycles. The van der Waals surface area contributed by atoms with E-state index in [0.29, 0.717) is 12.0 Å². The first-order valence-electron chi connectivity index (χ1n) is 4.85. The summed E-state index contributed by atoms with van der Waals surface area (Å²) in [7, 11) is 0. The minimum absolute atomic E-state index is 0.236. The van der Waals surface area contributed by atoms with Gasteiger partial charge >= 0.3 is 0 Å². The van der Waals surface area contributed by atoms with E-state index in [4.69, 9.17) is 10.5 Å². The van der Waals surface area contributed by atoms with E-state index in [2.05, 4.69) is 23.7 Å². The molecule has 1 fully saturated rings. The smallest absolute Gasteiger partial charge is 0.191 e. The van der Waals surface area contributed by atoms with Gasteiger partial charge < -0.3 is 15.4 Å². The van der Waals surface area contributed by atoms with Gasteiger partial charge in [0.1, 0.15) is 0 Å². The zero-order valence-corrected chi connectivity index (χ0v) is 8.66. The van der Waals surface area contributed by atoms with Crippen molar-refractivity contribution in [2.45, 2.75) is 32.9 Å². The van der Waals surface area contributed by atoms with E-state index in [1.165, 1.54) is 0 Å². The van der Waals surface area contributed by atoms with E-state index in [-0.39, 0.29) is 6.10 Å². The van der Waals surface area contributed by atoms with Crippen molar-refractivity contribution in [3.63, 3.8) is 0 Å². The Hall–Kier alpha value is -0.770. The summed E-state index contributed by atoms with van der Waals surface area (Å²) in [5, 5.41) is 0. The highest BCUT2D eigenvalue weighted by Gasteiger charge is 2.26. The molecular formula is C9H19N3O. The van der Waals surface area contributed by atoms with Crippen LogP contribution in [0.5, 0.6) is 0 Å². The Kier molecular flexibility index (Phi) is 3.54. The van der Waals surface area contributed by atoms with Gasteiger partial charge in [0.05, 0.1) is 18.8 Å². The predicted molar refractivity (Wildman–Crippen MR) is 53.7 cm³/mol. The van der Waals surface area contributed by atoms with Crippen LogP contribution in [0.2, 0.25) is 0 Å². The summed E-state index contributed by atoms with van der Waals surface area (Å²) in [6, 6.07) is 0.323. The first-order valence-corrected chi connectivity index (χ1v) is 4.85. The lowest BCUT2D eigenvalue weighted by molar-refractivity contribution is -0.0289. The molecule has 2 N–H and O–H groups in total. The van der Waals surface area contributed by atoms with Gasteiger partial charge in [0.15, 0.2) is 5.96 Å². The van der Waals surface area contributed by atoms with Gasteiger partial charge in [-0.05, 0) is 20.8 Å². The summed E-state index contributed by atoms with van der Waals surface area (Å²) >= 11 is 0.